The minimum Gasteiger partial charge on any atom is -0.459 e. The van der Waals surface area contributed by atoms with Gasteiger partial charge in [0, 0.05) is 6.92 Å². The summed E-state index contributed by atoms with van der Waals surface area (Å²) in [6, 6.07) is 0. The van der Waals surface area contributed by atoms with Crippen LogP contribution in [0.3, 0.4) is 0 Å². The Hall–Kier alpha value is -0.530. The van der Waals surface area contributed by atoms with Gasteiger partial charge in [-0.2, -0.15) is 0 Å². The first-order chi connectivity index (χ1) is 4.68. The zero-order chi connectivity index (χ0) is 7.61. The van der Waals surface area contributed by atoms with Crippen LogP contribution >= 0.6 is 0 Å². The third kappa shape index (κ3) is 1.31. The van der Waals surface area contributed by atoms with Crippen molar-refractivity contribution in [2.24, 2.45) is 0 Å². The van der Waals surface area contributed by atoms with E-state index >= 15 is 0 Å². The number of hydrogen-bond donors (Lipinski definition) is 0. The summed E-state index contributed by atoms with van der Waals surface area (Å²) in [6.07, 6.45) is 4.29. The van der Waals surface area contributed by atoms with Gasteiger partial charge in [0.15, 0.2) is 0 Å². The molecule has 1 fully saturated rings. The van der Waals surface area contributed by atoms with E-state index in [1.54, 1.807) is 0 Å². The maximum absolute atomic E-state index is 10.6. The van der Waals surface area contributed by atoms with Crippen LogP contribution < -0.4 is 0 Å². The predicted octanol–water partition coefficient (Wildman–Crippen LogP) is 1.88. The van der Waals surface area contributed by atoms with E-state index in [0.29, 0.717) is 0 Å². The summed E-state index contributed by atoms with van der Waals surface area (Å²) in [7, 11) is 0. The second-order valence-electron chi connectivity index (χ2n) is 2.98. The molecule has 0 radical (unpaired) electrons. The van der Waals surface area contributed by atoms with Crippen molar-refractivity contribution in [1.29, 1.82) is 0 Å². The van der Waals surface area contributed by atoms with Crippen LogP contribution in [0, 0.1) is 0 Å². The fourth-order valence-corrected chi connectivity index (χ4v) is 1.40. The van der Waals surface area contributed by atoms with E-state index in [1.807, 2.05) is 0 Å². The van der Waals surface area contributed by atoms with Crippen LogP contribution in [0.2, 0.25) is 0 Å². The third-order valence-corrected chi connectivity index (χ3v) is 2.27. The molecule has 0 saturated heterocycles. The van der Waals surface area contributed by atoms with Gasteiger partial charge in [0.25, 0.3) is 0 Å². The van der Waals surface area contributed by atoms with Gasteiger partial charge < -0.3 is 4.74 Å². The Kier molecular flexibility index (Phi) is 1.97. The smallest absolute Gasteiger partial charge is 0.303 e. The lowest BCUT2D eigenvalue weighted by Crippen LogP contribution is -2.40. The van der Waals surface area contributed by atoms with Crippen LogP contribution in [0.5, 0.6) is 0 Å². The van der Waals surface area contributed by atoms with Crippen molar-refractivity contribution in [3.05, 3.63) is 0 Å². The quantitative estimate of drug-likeness (QED) is 0.550. The van der Waals surface area contributed by atoms with E-state index in [2.05, 4.69) is 6.92 Å². The zero-order valence-corrected chi connectivity index (χ0v) is 6.64. The third-order valence-electron chi connectivity index (χ3n) is 2.27. The van der Waals surface area contributed by atoms with Gasteiger partial charge >= 0.3 is 5.97 Å². The van der Waals surface area contributed by atoms with E-state index in [9.17, 15) is 4.79 Å². The molecule has 0 aromatic rings. The highest BCUT2D eigenvalue weighted by molar-refractivity contribution is 5.66. The summed E-state index contributed by atoms with van der Waals surface area (Å²) < 4.78 is 5.18. The molecule has 1 rings (SSSR count). The Morgan fingerprint density at radius 1 is 1.60 bits per heavy atom. The first-order valence-electron chi connectivity index (χ1n) is 3.88. The minimum atomic E-state index is -0.137. The summed E-state index contributed by atoms with van der Waals surface area (Å²) in [5.74, 6) is -0.137. The summed E-state index contributed by atoms with van der Waals surface area (Å²) >= 11 is 0. The molecule has 0 unspecified atom stereocenters. The molecule has 10 heavy (non-hydrogen) atoms. The summed E-state index contributed by atoms with van der Waals surface area (Å²) in [6.45, 7) is 3.55. The van der Waals surface area contributed by atoms with Gasteiger partial charge in [0.2, 0.25) is 0 Å². The van der Waals surface area contributed by atoms with Gasteiger partial charge in [-0.15, -0.1) is 0 Å². The lowest BCUT2D eigenvalue weighted by atomic mass is 9.78. The molecule has 0 heterocycles. The van der Waals surface area contributed by atoms with Crippen LogP contribution in [0.15, 0.2) is 0 Å². The van der Waals surface area contributed by atoms with Crippen molar-refractivity contribution < 1.29 is 9.53 Å². The highest BCUT2D eigenvalue weighted by Gasteiger charge is 2.37. The van der Waals surface area contributed by atoms with Gasteiger partial charge in [-0.25, -0.2) is 0 Å². The molecule has 0 amide bonds. The molecule has 0 spiro atoms. The molecule has 0 aromatic carbocycles. The highest BCUT2D eigenvalue weighted by Crippen LogP contribution is 2.38. The Balaban J connectivity index is 2.40. The number of carbonyl (C=O) groups is 1. The Bertz CT molecular complexity index is 131. The summed E-state index contributed by atoms with van der Waals surface area (Å²) in [5.41, 5.74) is -0.0637. The molecule has 1 aliphatic carbocycles. The van der Waals surface area contributed by atoms with E-state index in [4.69, 9.17) is 4.74 Å². The first kappa shape index (κ1) is 7.58. The SMILES string of the molecule is CCC1(OC(C)=O)CCC1. The van der Waals surface area contributed by atoms with Gasteiger partial charge in [-0.3, -0.25) is 4.79 Å². The lowest BCUT2D eigenvalue weighted by molar-refractivity contribution is -0.167. The lowest BCUT2D eigenvalue weighted by Gasteiger charge is -2.39. The standard InChI is InChI=1S/C8H14O2/c1-3-8(5-4-6-8)10-7(2)9/h3-6H2,1-2H3. The molecule has 0 aliphatic heterocycles. The van der Waals surface area contributed by atoms with Gasteiger partial charge in [-0.05, 0) is 25.7 Å². The molecular weight excluding hydrogens is 128 g/mol. The Morgan fingerprint density at radius 3 is 2.30 bits per heavy atom. The van der Waals surface area contributed by atoms with Crippen LogP contribution in [-0.4, -0.2) is 11.6 Å². The molecule has 1 saturated carbocycles. The average Bonchev–Trinajstić information content (AvgIpc) is 1.78. The van der Waals surface area contributed by atoms with Crippen LogP contribution in [-0.2, 0) is 9.53 Å². The van der Waals surface area contributed by atoms with Crippen molar-refractivity contribution in [1.82, 2.24) is 0 Å². The molecule has 1 aliphatic rings. The molecule has 0 atom stereocenters. The molecule has 2 nitrogen and oxygen atoms in total. The largest absolute Gasteiger partial charge is 0.459 e. The normalized spacial score (nSPS) is 21.4. The number of ether oxygens (including phenoxy) is 1. The van der Waals surface area contributed by atoms with E-state index in [0.717, 1.165) is 19.3 Å². The van der Waals surface area contributed by atoms with Crippen molar-refractivity contribution in [3.63, 3.8) is 0 Å². The topological polar surface area (TPSA) is 26.3 Å². The van der Waals surface area contributed by atoms with Crippen LogP contribution in [0.1, 0.15) is 39.5 Å². The maximum Gasteiger partial charge on any atom is 0.303 e. The Morgan fingerprint density at radius 2 is 2.20 bits per heavy atom. The molecule has 0 N–H and O–H groups in total. The fraction of sp³-hybridized carbons (Fsp3) is 0.875. The molecule has 0 aromatic heterocycles. The van der Waals surface area contributed by atoms with Crippen molar-refractivity contribution in [2.75, 3.05) is 0 Å². The second-order valence-corrected chi connectivity index (χ2v) is 2.98. The Labute approximate surface area is 61.6 Å². The van der Waals surface area contributed by atoms with Gasteiger partial charge in [-0.1, -0.05) is 6.92 Å². The predicted molar refractivity (Wildman–Crippen MR) is 38.6 cm³/mol. The monoisotopic (exact) mass is 142 g/mol. The number of carbonyl (C=O) groups excluding carboxylic acids is 1. The molecule has 58 valence electrons. The molecular formula is C8H14O2. The van der Waals surface area contributed by atoms with Crippen LogP contribution in [0.25, 0.3) is 0 Å². The van der Waals surface area contributed by atoms with Gasteiger partial charge in [0.1, 0.15) is 5.60 Å². The van der Waals surface area contributed by atoms with Gasteiger partial charge in [0.05, 0.1) is 0 Å². The molecule has 0 bridgehead atoms. The van der Waals surface area contributed by atoms with Crippen molar-refractivity contribution >= 4 is 5.97 Å². The maximum atomic E-state index is 10.6. The average molecular weight is 142 g/mol. The number of esters is 1. The van der Waals surface area contributed by atoms with E-state index in [-0.39, 0.29) is 11.6 Å². The first-order valence-corrected chi connectivity index (χ1v) is 3.88. The summed E-state index contributed by atoms with van der Waals surface area (Å²) in [4.78, 5) is 10.6. The highest BCUT2D eigenvalue weighted by atomic mass is 16.6. The van der Waals surface area contributed by atoms with Crippen molar-refractivity contribution in [2.45, 2.75) is 45.1 Å². The molecule has 2 heteroatoms. The minimum absolute atomic E-state index is 0.0637. The second kappa shape index (κ2) is 2.60. The number of hydrogen-bond acceptors (Lipinski definition) is 2. The van der Waals surface area contributed by atoms with E-state index < -0.39 is 0 Å². The zero-order valence-electron chi connectivity index (χ0n) is 6.64. The van der Waals surface area contributed by atoms with E-state index in [1.165, 1.54) is 13.3 Å². The van der Waals surface area contributed by atoms with Crippen molar-refractivity contribution in [3.8, 4) is 0 Å². The summed E-state index contributed by atoms with van der Waals surface area (Å²) in [5, 5.41) is 0. The van der Waals surface area contributed by atoms with Crippen LogP contribution in [0.4, 0.5) is 0 Å². The fourth-order valence-electron chi connectivity index (χ4n) is 1.40. The number of rotatable bonds is 2.